The van der Waals surface area contributed by atoms with Crippen molar-refractivity contribution in [3.63, 3.8) is 0 Å². The van der Waals surface area contributed by atoms with Crippen molar-refractivity contribution in [2.75, 3.05) is 20.0 Å². The number of carbonyl (C=O) groups is 1. The van der Waals surface area contributed by atoms with Crippen LogP contribution in [0, 0.1) is 0 Å². The Hall–Kier alpha value is -1.56. The monoisotopic (exact) mass is 404 g/mol. The van der Waals surface area contributed by atoms with Crippen LogP contribution in [0.2, 0.25) is 0 Å². The molecule has 0 saturated carbocycles. The lowest BCUT2D eigenvalue weighted by molar-refractivity contribution is -0.146. The van der Waals surface area contributed by atoms with E-state index >= 15 is 0 Å². The van der Waals surface area contributed by atoms with Gasteiger partial charge in [-0.05, 0) is 43.9 Å². The van der Waals surface area contributed by atoms with E-state index < -0.39 is 4.75 Å². The third kappa shape index (κ3) is 7.46. The molecular formula is C23H32O4S. The lowest BCUT2D eigenvalue weighted by Gasteiger charge is -2.25. The molecule has 0 aromatic heterocycles. The maximum atomic E-state index is 13.0. The first-order valence-electron chi connectivity index (χ1n) is 9.86. The second kappa shape index (κ2) is 12.1. The summed E-state index contributed by atoms with van der Waals surface area (Å²) in [5.41, 5.74) is 2.20. The fourth-order valence-electron chi connectivity index (χ4n) is 3.11. The highest BCUT2D eigenvalue weighted by Crippen LogP contribution is 2.33. The number of esters is 1. The molecule has 1 aliphatic carbocycles. The Bertz CT molecular complexity index is 652. The average molecular weight is 405 g/mol. The molecule has 0 amide bonds. The van der Waals surface area contributed by atoms with Gasteiger partial charge in [-0.3, -0.25) is 4.79 Å². The smallest absolute Gasteiger partial charge is 0.326 e. The second-order valence-corrected chi connectivity index (χ2v) is 8.62. The number of thioether (sulfide) groups is 1. The first-order chi connectivity index (χ1) is 13.6. The zero-order chi connectivity index (χ0) is 20.2. The van der Waals surface area contributed by atoms with Crippen LogP contribution in [0.4, 0.5) is 0 Å². The largest absolute Gasteiger partial charge is 0.460 e. The van der Waals surface area contributed by atoms with Crippen LogP contribution in [0.25, 0.3) is 0 Å². The van der Waals surface area contributed by atoms with Gasteiger partial charge in [-0.2, -0.15) is 0 Å². The van der Waals surface area contributed by atoms with E-state index in [2.05, 4.69) is 18.2 Å². The minimum absolute atomic E-state index is 0.210. The van der Waals surface area contributed by atoms with Crippen LogP contribution < -0.4 is 0 Å². The molecule has 28 heavy (non-hydrogen) atoms. The van der Waals surface area contributed by atoms with Gasteiger partial charge in [0.05, 0.1) is 0 Å². The van der Waals surface area contributed by atoms with Crippen molar-refractivity contribution in [1.29, 1.82) is 0 Å². The van der Waals surface area contributed by atoms with Crippen molar-refractivity contribution in [1.82, 2.24) is 0 Å². The van der Waals surface area contributed by atoms with Crippen LogP contribution in [0.5, 0.6) is 0 Å². The fraction of sp³-hybridized carbons (Fsp3) is 0.522. The summed E-state index contributed by atoms with van der Waals surface area (Å²) in [6.07, 6.45) is 11.3. The van der Waals surface area contributed by atoms with Crippen molar-refractivity contribution in [3.05, 3.63) is 59.7 Å². The highest BCUT2D eigenvalue weighted by Gasteiger charge is 2.34. The molecule has 154 valence electrons. The summed E-state index contributed by atoms with van der Waals surface area (Å²) in [7, 11) is 3.26. The first-order valence-corrected chi connectivity index (χ1v) is 10.8. The van der Waals surface area contributed by atoms with Crippen molar-refractivity contribution < 1.29 is 19.0 Å². The van der Waals surface area contributed by atoms with E-state index in [9.17, 15) is 4.79 Å². The molecule has 1 aromatic rings. The van der Waals surface area contributed by atoms with Crippen LogP contribution in [0.1, 0.15) is 44.6 Å². The Morgan fingerprint density at radius 3 is 2.68 bits per heavy atom. The molecule has 1 aliphatic rings. The summed E-state index contributed by atoms with van der Waals surface area (Å²) < 4.78 is 15.5. The van der Waals surface area contributed by atoms with Crippen LogP contribution in [-0.4, -0.2) is 37.0 Å². The summed E-state index contributed by atoms with van der Waals surface area (Å²) in [6.45, 7) is 2.24. The molecule has 5 heteroatoms. The van der Waals surface area contributed by atoms with Crippen molar-refractivity contribution in [2.24, 2.45) is 0 Å². The molecule has 4 nitrogen and oxygen atoms in total. The predicted molar refractivity (Wildman–Crippen MR) is 115 cm³/mol. The Kier molecular flexibility index (Phi) is 9.82. The Morgan fingerprint density at radius 1 is 1.21 bits per heavy atom. The van der Waals surface area contributed by atoms with Crippen LogP contribution in [-0.2, 0) is 25.6 Å². The van der Waals surface area contributed by atoms with E-state index in [1.54, 1.807) is 26.0 Å². The topological polar surface area (TPSA) is 44.8 Å². The Labute approximate surface area is 173 Å². The number of carbonyl (C=O) groups excluding carboxylic acids is 1. The van der Waals surface area contributed by atoms with Gasteiger partial charge in [-0.1, -0.05) is 54.1 Å². The first kappa shape index (κ1) is 22.7. The van der Waals surface area contributed by atoms with Crippen molar-refractivity contribution in [2.45, 2.75) is 56.7 Å². The highest BCUT2D eigenvalue weighted by molar-refractivity contribution is 8.01. The van der Waals surface area contributed by atoms with E-state index in [4.69, 9.17) is 14.2 Å². The number of allylic oxidation sites excluding steroid dienone is 3. The van der Waals surface area contributed by atoms with Gasteiger partial charge in [0.25, 0.3) is 0 Å². The molecule has 1 atom stereocenters. The Balaban J connectivity index is 2.09. The third-order valence-electron chi connectivity index (χ3n) is 4.78. The maximum Gasteiger partial charge on any atom is 0.326 e. The van der Waals surface area contributed by atoms with E-state index in [0.29, 0.717) is 6.42 Å². The normalized spacial score (nSPS) is 18.1. The van der Waals surface area contributed by atoms with Gasteiger partial charge in [-0.25, -0.2) is 0 Å². The molecule has 0 saturated heterocycles. The highest BCUT2D eigenvalue weighted by atomic mass is 32.2. The summed E-state index contributed by atoms with van der Waals surface area (Å²) >= 11 is 1.58. The predicted octanol–water partition coefficient (Wildman–Crippen LogP) is 5.29. The summed E-state index contributed by atoms with van der Waals surface area (Å²) in [5.74, 6) is 0.523. The molecule has 0 N–H and O–H groups in total. The Morgan fingerprint density at radius 2 is 1.96 bits per heavy atom. The summed E-state index contributed by atoms with van der Waals surface area (Å²) in [5, 5.41) is 0. The van der Waals surface area contributed by atoms with Crippen LogP contribution >= 0.6 is 11.8 Å². The van der Waals surface area contributed by atoms with E-state index in [0.717, 1.165) is 30.6 Å². The maximum absolute atomic E-state index is 13.0. The second-order valence-electron chi connectivity index (χ2n) is 7.07. The molecule has 0 unspecified atom stereocenters. The van der Waals surface area contributed by atoms with Gasteiger partial charge in [0.1, 0.15) is 11.4 Å². The molecule has 0 bridgehead atoms. The molecule has 0 heterocycles. The summed E-state index contributed by atoms with van der Waals surface area (Å²) in [6, 6.07) is 9.78. The van der Waals surface area contributed by atoms with Gasteiger partial charge in [0.15, 0.2) is 6.29 Å². The van der Waals surface area contributed by atoms with Gasteiger partial charge in [0.2, 0.25) is 0 Å². The van der Waals surface area contributed by atoms with E-state index in [-0.39, 0.29) is 18.9 Å². The quantitative estimate of drug-likeness (QED) is 0.392. The molecule has 0 aliphatic heterocycles. The lowest BCUT2D eigenvalue weighted by atomic mass is 10.0. The molecular weight excluding hydrogens is 372 g/mol. The van der Waals surface area contributed by atoms with Crippen molar-refractivity contribution in [3.8, 4) is 0 Å². The number of hydrogen-bond acceptors (Lipinski definition) is 5. The van der Waals surface area contributed by atoms with E-state index in [1.807, 2.05) is 37.3 Å². The number of benzene rings is 1. The zero-order valence-corrected chi connectivity index (χ0v) is 18.0. The minimum atomic E-state index is -0.745. The number of methoxy groups -OCH3 is 2. The van der Waals surface area contributed by atoms with Gasteiger partial charge < -0.3 is 14.2 Å². The van der Waals surface area contributed by atoms with Crippen LogP contribution in [0.15, 0.2) is 54.1 Å². The van der Waals surface area contributed by atoms with Gasteiger partial charge in [0, 0.05) is 20.6 Å². The SMILES string of the molecule is COC(CCS[C@](C)(/C=C1/C=CCCCC1)C(=O)OCc1ccccc1)OC. The van der Waals surface area contributed by atoms with Crippen molar-refractivity contribution >= 4 is 17.7 Å². The standard InChI is InChI=1S/C23H32O4S/c1-23(28-16-15-21(25-2)26-3,17-19-11-7-4-5-8-12-19)22(24)27-18-20-13-9-6-10-14-20/h6-7,9-11,13-14,17,21H,4-5,8,12,15-16,18H2,1-3H3/b19-17-/t23-/m1/s1. The number of rotatable bonds is 10. The molecule has 0 spiro atoms. The van der Waals surface area contributed by atoms with Gasteiger partial charge >= 0.3 is 5.97 Å². The van der Waals surface area contributed by atoms with Gasteiger partial charge in [-0.15, -0.1) is 11.8 Å². The summed E-state index contributed by atoms with van der Waals surface area (Å²) in [4.78, 5) is 13.0. The minimum Gasteiger partial charge on any atom is -0.460 e. The molecule has 0 fully saturated rings. The average Bonchev–Trinajstić information content (AvgIpc) is 2.98. The third-order valence-corrected chi connectivity index (χ3v) is 6.10. The lowest BCUT2D eigenvalue weighted by Crippen LogP contribution is -2.33. The number of ether oxygens (including phenoxy) is 3. The molecule has 0 radical (unpaired) electrons. The molecule has 1 aromatic carbocycles. The van der Waals surface area contributed by atoms with Crippen LogP contribution in [0.3, 0.4) is 0 Å². The molecule has 2 rings (SSSR count). The van der Waals surface area contributed by atoms with E-state index in [1.165, 1.54) is 12.0 Å². The number of hydrogen-bond donors (Lipinski definition) is 0. The fourth-order valence-corrected chi connectivity index (χ4v) is 4.25. The zero-order valence-electron chi connectivity index (χ0n) is 17.2.